The van der Waals surface area contributed by atoms with E-state index in [0.717, 1.165) is 10.5 Å². The first kappa shape index (κ1) is 27.1. The quantitative estimate of drug-likeness (QED) is 0.546. The molecule has 2 atom stereocenters. The van der Waals surface area contributed by atoms with Gasteiger partial charge in [-0.15, -0.1) is 0 Å². The maximum atomic E-state index is 12.9. The highest BCUT2D eigenvalue weighted by atomic mass is 35.6. The molecule has 0 unspecified atom stereocenters. The summed E-state index contributed by atoms with van der Waals surface area (Å²) in [6.07, 6.45) is -1.61. The molecule has 0 aliphatic carbocycles. The van der Waals surface area contributed by atoms with Crippen LogP contribution < -0.4 is 4.74 Å². The molecule has 1 heterocycles. The maximum absolute atomic E-state index is 12.9. The van der Waals surface area contributed by atoms with Gasteiger partial charge in [0.25, 0.3) is 0 Å². The fraction of sp³-hybridized carbons (Fsp3) is 0.571. The van der Waals surface area contributed by atoms with Gasteiger partial charge in [-0.25, -0.2) is 14.4 Å². The van der Waals surface area contributed by atoms with Crippen LogP contribution >= 0.6 is 34.8 Å². The summed E-state index contributed by atoms with van der Waals surface area (Å²) in [6.45, 7) is 4.54. The number of methoxy groups -OCH3 is 1. The summed E-state index contributed by atoms with van der Waals surface area (Å²) in [5.41, 5.74) is -0.0890. The number of carboxylic acid groups (broad SMARTS) is 1. The second kappa shape index (κ2) is 10.9. The number of alkyl halides is 3. The number of amides is 2. The van der Waals surface area contributed by atoms with Gasteiger partial charge in [-0.3, -0.25) is 9.80 Å². The van der Waals surface area contributed by atoms with Gasteiger partial charge in [-0.2, -0.15) is 0 Å². The van der Waals surface area contributed by atoms with Crippen LogP contribution in [0, 0.1) is 0 Å². The zero-order valence-corrected chi connectivity index (χ0v) is 21.0. The lowest BCUT2D eigenvalue weighted by molar-refractivity contribution is -0.142. The smallest absolute Gasteiger partial charge is 0.411 e. The molecule has 1 aromatic rings. The highest BCUT2D eigenvalue weighted by Gasteiger charge is 2.45. The Morgan fingerprint density at radius 2 is 1.76 bits per heavy atom. The molecule has 1 aromatic carbocycles. The van der Waals surface area contributed by atoms with Gasteiger partial charge in [-0.1, -0.05) is 46.9 Å². The fourth-order valence-electron chi connectivity index (χ4n) is 3.29. The van der Waals surface area contributed by atoms with Gasteiger partial charge < -0.3 is 19.3 Å². The number of aliphatic carboxylic acids is 1. The third-order valence-electron chi connectivity index (χ3n) is 4.74. The average Bonchev–Trinajstić information content (AvgIpc) is 3.14. The number of likely N-dealkylation sites (tertiary alicyclic amines) is 1. The minimum absolute atomic E-state index is 0.0202. The monoisotopic (exact) mass is 524 g/mol. The van der Waals surface area contributed by atoms with Crippen molar-refractivity contribution in [3.05, 3.63) is 29.8 Å². The summed E-state index contributed by atoms with van der Waals surface area (Å²) in [5, 5.41) is 9.68. The van der Waals surface area contributed by atoms with Gasteiger partial charge in [0.05, 0.1) is 13.2 Å². The molecule has 184 valence electrons. The zero-order valence-electron chi connectivity index (χ0n) is 18.7. The van der Waals surface area contributed by atoms with Crippen molar-refractivity contribution in [2.45, 2.75) is 55.2 Å². The number of carboxylic acids is 1. The van der Waals surface area contributed by atoms with Crippen molar-refractivity contribution < 1.29 is 33.7 Å². The summed E-state index contributed by atoms with van der Waals surface area (Å²) >= 11 is 17.1. The van der Waals surface area contributed by atoms with E-state index in [1.807, 2.05) is 0 Å². The van der Waals surface area contributed by atoms with Crippen LogP contribution in [-0.4, -0.2) is 74.8 Å². The van der Waals surface area contributed by atoms with E-state index in [4.69, 9.17) is 49.0 Å². The number of nitrogens with zero attached hydrogens (tertiary/aromatic N) is 2. The van der Waals surface area contributed by atoms with Crippen molar-refractivity contribution >= 4 is 53.0 Å². The van der Waals surface area contributed by atoms with Crippen LogP contribution in [0.4, 0.5) is 9.59 Å². The third-order valence-corrected chi connectivity index (χ3v) is 5.07. The van der Waals surface area contributed by atoms with E-state index in [1.54, 1.807) is 45.0 Å². The average molecular weight is 526 g/mol. The van der Waals surface area contributed by atoms with Crippen LogP contribution in [-0.2, 0) is 20.8 Å². The lowest BCUT2D eigenvalue weighted by Crippen LogP contribution is -2.45. The number of hydrogen-bond donors (Lipinski definition) is 1. The van der Waals surface area contributed by atoms with Gasteiger partial charge in [-0.05, 0) is 38.5 Å². The van der Waals surface area contributed by atoms with Crippen LogP contribution in [0.3, 0.4) is 0 Å². The minimum Gasteiger partial charge on any atom is -0.497 e. The van der Waals surface area contributed by atoms with Crippen molar-refractivity contribution in [2.75, 3.05) is 20.3 Å². The van der Waals surface area contributed by atoms with Crippen LogP contribution in [0.1, 0.15) is 32.8 Å². The largest absolute Gasteiger partial charge is 0.497 e. The van der Waals surface area contributed by atoms with Crippen LogP contribution in [0.2, 0.25) is 0 Å². The van der Waals surface area contributed by atoms with Gasteiger partial charge in [0.15, 0.2) is 0 Å². The Morgan fingerprint density at radius 3 is 2.24 bits per heavy atom. The van der Waals surface area contributed by atoms with E-state index >= 15 is 0 Å². The number of halogens is 3. The van der Waals surface area contributed by atoms with Crippen LogP contribution in [0.25, 0.3) is 0 Å². The van der Waals surface area contributed by atoms with E-state index in [0.29, 0.717) is 5.75 Å². The lowest BCUT2D eigenvalue weighted by Gasteiger charge is -2.29. The Labute approximate surface area is 207 Å². The molecular weight excluding hydrogens is 499 g/mol. The molecule has 33 heavy (non-hydrogen) atoms. The molecule has 2 rings (SSSR count). The lowest BCUT2D eigenvalue weighted by atomic mass is 10.1. The predicted octanol–water partition coefficient (Wildman–Crippen LogP) is 4.47. The predicted molar refractivity (Wildman–Crippen MR) is 123 cm³/mol. The Kier molecular flexibility index (Phi) is 8.95. The molecule has 0 saturated carbocycles. The highest BCUT2D eigenvalue weighted by Crippen LogP contribution is 2.29. The Morgan fingerprint density at radius 1 is 1.15 bits per heavy atom. The van der Waals surface area contributed by atoms with Crippen molar-refractivity contribution in [3.63, 3.8) is 0 Å². The van der Waals surface area contributed by atoms with Crippen molar-refractivity contribution in [3.8, 4) is 5.75 Å². The molecule has 12 heteroatoms. The second-order valence-electron chi connectivity index (χ2n) is 8.52. The molecule has 1 aliphatic heterocycles. The normalized spacial score (nSPS) is 18.6. The van der Waals surface area contributed by atoms with Crippen LogP contribution in [0.5, 0.6) is 5.75 Å². The third kappa shape index (κ3) is 8.32. The van der Waals surface area contributed by atoms with Crippen molar-refractivity contribution in [1.82, 2.24) is 9.80 Å². The molecule has 1 aliphatic rings. The van der Waals surface area contributed by atoms with E-state index in [9.17, 15) is 19.5 Å². The first-order valence-corrected chi connectivity index (χ1v) is 11.2. The number of benzene rings is 1. The standard InChI is InChI=1S/C21H27Cl3N2O7/c1-20(2,3)33-19(30)26-11-14(9-16(26)17(27)28)25(18(29)32-12-21(22,23)24)10-13-5-7-15(31-4)8-6-13/h5-8,14,16H,9-12H2,1-4H3,(H,27,28)/t14-,16-/m0/s1. The summed E-state index contributed by atoms with van der Waals surface area (Å²) in [5.74, 6) is -0.575. The van der Waals surface area contributed by atoms with Gasteiger partial charge >= 0.3 is 18.2 Å². The minimum atomic E-state index is -1.82. The Hall–Kier alpha value is -2.10. The van der Waals surface area contributed by atoms with Crippen molar-refractivity contribution in [2.24, 2.45) is 0 Å². The topological polar surface area (TPSA) is 106 Å². The van der Waals surface area contributed by atoms with Gasteiger partial charge in [0.2, 0.25) is 3.79 Å². The Balaban J connectivity index is 2.28. The molecule has 0 aromatic heterocycles. The van der Waals surface area contributed by atoms with E-state index in [-0.39, 0.29) is 19.5 Å². The first-order valence-electron chi connectivity index (χ1n) is 10.1. The molecular formula is C21H27Cl3N2O7. The molecule has 0 spiro atoms. The summed E-state index contributed by atoms with van der Waals surface area (Å²) < 4.78 is 13.8. The zero-order chi connectivity index (χ0) is 25.0. The molecule has 0 bridgehead atoms. The molecule has 2 amide bonds. The van der Waals surface area contributed by atoms with E-state index in [1.165, 1.54) is 12.0 Å². The second-order valence-corrected chi connectivity index (χ2v) is 11.0. The van der Waals surface area contributed by atoms with Gasteiger partial charge in [0.1, 0.15) is 24.0 Å². The van der Waals surface area contributed by atoms with Crippen LogP contribution in [0.15, 0.2) is 24.3 Å². The highest BCUT2D eigenvalue weighted by molar-refractivity contribution is 6.67. The number of ether oxygens (including phenoxy) is 3. The maximum Gasteiger partial charge on any atom is 0.411 e. The first-order chi connectivity index (χ1) is 15.2. The summed E-state index contributed by atoms with van der Waals surface area (Å²) in [6, 6.07) is 5.10. The number of carbonyl (C=O) groups is 3. The van der Waals surface area contributed by atoms with E-state index < -0.39 is 46.2 Å². The SMILES string of the molecule is COc1ccc(CN(C(=O)OCC(Cl)(Cl)Cl)[C@H]2C[C@@H](C(=O)O)N(C(=O)OC(C)(C)C)C2)cc1. The van der Waals surface area contributed by atoms with Gasteiger partial charge in [0, 0.05) is 19.5 Å². The van der Waals surface area contributed by atoms with E-state index in [2.05, 4.69) is 0 Å². The number of hydrogen-bond acceptors (Lipinski definition) is 6. The fourth-order valence-corrected chi connectivity index (χ4v) is 3.46. The molecule has 9 nitrogen and oxygen atoms in total. The number of rotatable bonds is 6. The van der Waals surface area contributed by atoms with Crippen molar-refractivity contribution in [1.29, 1.82) is 0 Å². The molecule has 1 saturated heterocycles. The Bertz CT molecular complexity index is 853. The summed E-state index contributed by atoms with van der Waals surface area (Å²) in [7, 11) is 1.53. The number of carbonyl (C=O) groups excluding carboxylic acids is 2. The molecule has 1 fully saturated rings. The summed E-state index contributed by atoms with van der Waals surface area (Å²) in [4.78, 5) is 39.8. The molecule has 1 N–H and O–H groups in total. The molecule has 0 radical (unpaired) electrons.